The molecule has 0 unspecified atom stereocenters. The van der Waals surface area contributed by atoms with E-state index < -0.39 is 6.10 Å². The third kappa shape index (κ3) is 4.15. The molecular weight excluding hydrogens is 292 g/mol. The zero-order valence-corrected chi connectivity index (χ0v) is 13.1. The predicted octanol–water partition coefficient (Wildman–Crippen LogP) is 2.06. The van der Waals surface area contributed by atoms with Gasteiger partial charge < -0.3 is 10.1 Å². The highest BCUT2D eigenvalue weighted by Gasteiger charge is 2.15. The number of nitrogens with zero attached hydrogens (tertiary/aromatic N) is 3. The quantitative estimate of drug-likeness (QED) is 0.886. The Hall–Kier alpha value is -1.66. The Morgan fingerprint density at radius 1 is 1.38 bits per heavy atom. The van der Waals surface area contributed by atoms with Crippen LogP contribution in [0.2, 0.25) is 5.02 Å². The van der Waals surface area contributed by atoms with E-state index in [-0.39, 0.29) is 12.5 Å². The first kappa shape index (κ1) is 15.7. The summed E-state index contributed by atoms with van der Waals surface area (Å²) in [5, 5.41) is 11.4. The van der Waals surface area contributed by atoms with Gasteiger partial charge in [-0.3, -0.25) is 9.20 Å². The Morgan fingerprint density at radius 3 is 2.86 bits per heavy atom. The molecule has 0 spiro atoms. The lowest BCUT2D eigenvalue weighted by molar-refractivity contribution is -0.132. The third-order valence-electron chi connectivity index (χ3n) is 2.91. The minimum atomic E-state index is -0.491. The van der Waals surface area contributed by atoms with Crippen LogP contribution in [0.1, 0.15) is 26.6 Å². The van der Waals surface area contributed by atoms with Gasteiger partial charge in [-0.1, -0.05) is 25.4 Å². The van der Waals surface area contributed by atoms with Gasteiger partial charge in [-0.05, 0) is 25.0 Å². The minimum Gasteiger partial charge on any atom is -0.368 e. The molecule has 2 heterocycles. The number of rotatable bonds is 6. The summed E-state index contributed by atoms with van der Waals surface area (Å²) in [7, 11) is 0. The molecule has 2 aromatic heterocycles. The van der Waals surface area contributed by atoms with Gasteiger partial charge in [0.2, 0.25) is 5.91 Å². The van der Waals surface area contributed by atoms with Crippen molar-refractivity contribution in [3.63, 3.8) is 0 Å². The van der Waals surface area contributed by atoms with Gasteiger partial charge in [-0.25, -0.2) is 0 Å². The summed E-state index contributed by atoms with van der Waals surface area (Å²) in [6.45, 7) is 6.64. The Bertz CT molecular complexity index is 626. The second-order valence-corrected chi connectivity index (χ2v) is 5.72. The Labute approximate surface area is 128 Å². The molecule has 6 nitrogen and oxygen atoms in total. The number of ether oxygens (including phenoxy) is 1. The van der Waals surface area contributed by atoms with E-state index >= 15 is 0 Å². The highest BCUT2D eigenvalue weighted by molar-refractivity contribution is 6.30. The van der Waals surface area contributed by atoms with Crippen molar-refractivity contribution in [3.05, 3.63) is 29.2 Å². The first-order valence-corrected chi connectivity index (χ1v) is 7.23. The first-order chi connectivity index (χ1) is 9.97. The van der Waals surface area contributed by atoms with Crippen molar-refractivity contribution in [3.8, 4) is 0 Å². The van der Waals surface area contributed by atoms with Gasteiger partial charge in [0, 0.05) is 12.8 Å². The molecule has 0 bridgehead atoms. The van der Waals surface area contributed by atoms with Crippen LogP contribution in [0.15, 0.2) is 18.3 Å². The summed E-state index contributed by atoms with van der Waals surface area (Å²) in [4.78, 5) is 11.9. The number of hydrogen-bond donors (Lipinski definition) is 1. The van der Waals surface area contributed by atoms with Crippen molar-refractivity contribution < 1.29 is 9.53 Å². The molecule has 0 aromatic carbocycles. The van der Waals surface area contributed by atoms with Crippen molar-refractivity contribution in [2.75, 3.05) is 6.61 Å². The second-order valence-electron chi connectivity index (χ2n) is 5.28. The van der Waals surface area contributed by atoms with Crippen molar-refractivity contribution in [1.82, 2.24) is 19.9 Å². The van der Waals surface area contributed by atoms with Crippen molar-refractivity contribution in [2.24, 2.45) is 5.92 Å². The molecule has 114 valence electrons. The van der Waals surface area contributed by atoms with Crippen LogP contribution in [0.25, 0.3) is 5.65 Å². The van der Waals surface area contributed by atoms with Gasteiger partial charge in [-0.15, -0.1) is 10.2 Å². The van der Waals surface area contributed by atoms with Gasteiger partial charge >= 0.3 is 0 Å². The number of nitrogens with one attached hydrogen (secondary N) is 1. The maximum atomic E-state index is 11.9. The summed E-state index contributed by atoms with van der Waals surface area (Å²) in [6.07, 6.45) is 1.23. The SMILES string of the molecule is CC(C)CO[C@H](C)C(=O)NCc1nnc2ccc(Cl)cn12. The summed E-state index contributed by atoms with van der Waals surface area (Å²) >= 11 is 5.95. The van der Waals surface area contributed by atoms with Crippen molar-refractivity contribution in [2.45, 2.75) is 33.4 Å². The van der Waals surface area contributed by atoms with E-state index in [1.165, 1.54) is 0 Å². The van der Waals surface area contributed by atoms with E-state index in [1.54, 1.807) is 29.7 Å². The molecule has 1 amide bonds. The highest BCUT2D eigenvalue weighted by Crippen LogP contribution is 2.11. The number of pyridine rings is 1. The maximum absolute atomic E-state index is 11.9. The van der Waals surface area contributed by atoms with Crippen molar-refractivity contribution >= 4 is 23.2 Å². The number of amides is 1. The smallest absolute Gasteiger partial charge is 0.249 e. The molecule has 0 radical (unpaired) electrons. The number of halogens is 1. The van der Waals surface area contributed by atoms with Gasteiger partial charge in [0.15, 0.2) is 11.5 Å². The van der Waals surface area contributed by atoms with Gasteiger partial charge in [0.25, 0.3) is 0 Å². The first-order valence-electron chi connectivity index (χ1n) is 6.86. The van der Waals surface area contributed by atoms with Crippen LogP contribution in [0.3, 0.4) is 0 Å². The Morgan fingerprint density at radius 2 is 2.14 bits per heavy atom. The molecular formula is C14H19ClN4O2. The fourth-order valence-corrected chi connectivity index (χ4v) is 1.92. The second kappa shape index (κ2) is 6.87. The van der Waals surface area contributed by atoms with E-state index in [9.17, 15) is 4.79 Å². The maximum Gasteiger partial charge on any atom is 0.249 e. The van der Waals surface area contributed by atoms with Crippen LogP contribution in [-0.2, 0) is 16.1 Å². The fraction of sp³-hybridized carbons (Fsp3) is 0.500. The number of carbonyl (C=O) groups excluding carboxylic acids is 1. The van der Waals surface area contributed by atoms with Crippen molar-refractivity contribution in [1.29, 1.82) is 0 Å². The van der Waals surface area contributed by atoms with Crippen LogP contribution in [0.4, 0.5) is 0 Å². The van der Waals surface area contributed by atoms with E-state index in [0.717, 1.165) is 0 Å². The average molecular weight is 311 g/mol. The standard InChI is InChI=1S/C14H19ClN4O2/c1-9(2)8-21-10(3)14(20)16-6-13-18-17-12-5-4-11(15)7-19(12)13/h4-5,7,9-10H,6,8H2,1-3H3,(H,16,20)/t10-/m1/s1. The lowest BCUT2D eigenvalue weighted by atomic mass is 10.2. The summed E-state index contributed by atoms with van der Waals surface area (Å²) < 4.78 is 7.22. The topological polar surface area (TPSA) is 68.5 Å². The van der Waals surface area contributed by atoms with Gasteiger partial charge in [0.1, 0.15) is 6.10 Å². The van der Waals surface area contributed by atoms with E-state index in [2.05, 4.69) is 15.5 Å². The highest BCUT2D eigenvalue weighted by atomic mass is 35.5. The summed E-state index contributed by atoms with van der Waals surface area (Å²) in [6, 6.07) is 3.52. The molecule has 0 saturated heterocycles. The normalized spacial score (nSPS) is 12.8. The zero-order chi connectivity index (χ0) is 15.4. The third-order valence-corrected chi connectivity index (χ3v) is 3.13. The van der Waals surface area contributed by atoms with Crippen LogP contribution in [-0.4, -0.2) is 33.2 Å². The Balaban J connectivity index is 1.95. The molecule has 2 rings (SSSR count). The van der Waals surface area contributed by atoms with Gasteiger partial charge in [-0.2, -0.15) is 0 Å². The molecule has 0 aliphatic rings. The molecule has 0 fully saturated rings. The van der Waals surface area contributed by atoms with Crippen LogP contribution < -0.4 is 5.32 Å². The van der Waals surface area contributed by atoms with E-state index in [0.29, 0.717) is 29.0 Å². The predicted molar refractivity (Wildman–Crippen MR) is 80.1 cm³/mol. The average Bonchev–Trinajstić information content (AvgIpc) is 2.84. The lowest BCUT2D eigenvalue weighted by Crippen LogP contribution is -2.35. The molecule has 7 heteroatoms. The minimum absolute atomic E-state index is 0.172. The number of hydrogen-bond acceptors (Lipinski definition) is 4. The molecule has 1 atom stereocenters. The lowest BCUT2D eigenvalue weighted by Gasteiger charge is -2.14. The fourth-order valence-electron chi connectivity index (χ4n) is 1.76. The van der Waals surface area contributed by atoms with Crippen LogP contribution in [0, 0.1) is 5.92 Å². The summed E-state index contributed by atoms with van der Waals surface area (Å²) in [5.74, 6) is 0.842. The zero-order valence-electron chi connectivity index (χ0n) is 12.3. The molecule has 0 aliphatic carbocycles. The molecule has 1 N–H and O–H groups in total. The summed E-state index contributed by atoms with van der Waals surface area (Å²) in [5.41, 5.74) is 0.688. The molecule has 21 heavy (non-hydrogen) atoms. The molecule has 0 aliphatic heterocycles. The number of fused-ring (bicyclic) bond motifs is 1. The molecule has 2 aromatic rings. The van der Waals surface area contributed by atoms with Crippen LogP contribution >= 0.6 is 11.6 Å². The molecule has 0 saturated carbocycles. The van der Waals surface area contributed by atoms with E-state index in [1.807, 2.05) is 13.8 Å². The van der Waals surface area contributed by atoms with Gasteiger partial charge in [0.05, 0.1) is 11.6 Å². The van der Waals surface area contributed by atoms with E-state index in [4.69, 9.17) is 16.3 Å². The number of aromatic nitrogens is 3. The Kier molecular flexibility index (Phi) is 5.14. The monoisotopic (exact) mass is 310 g/mol. The largest absolute Gasteiger partial charge is 0.368 e. The van der Waals surface area contributed by atoms with Crippen LogP contribution in [0.5, 0.6) is 0 Å². The number of carbonyl (C=O) groups is 1.